The average molecular weight is 292 g/mol. The molecule has 5 aromatic rings. The summed E-state index contributed by atoms with van der Waals surface area (Å²) in [5.74, 6) is -0.107. The molecule has 0 spiro atoms. The van der Waals surface area contributed by atoms with E-state index in [2.05, 4.69) is 15.1 Å². The van der Waals surface area contributed by atoms with Crippen LogP contribution in [0.2, 0.25) is 0 Å². The third-order valence-corrected chi connectivity index (χ3v) is 3.99. The lowest BCUT2D eigenvalue weighted by atomic mass is 10.1. The molecule has 0 aliphatic rings. The molecular formula is C15H8N4O3. The first kappa shape index (κ1) is 11.3. The number of aromatic hydroxyl groups is 2. The standard InChI is InChI=1S/C15H8N4O3/c20-6-1-2-8-7(5-6)10-12-11(14(21)18-15(12)22)9-3-4-16-19(9)13(10)17-8/h1-5,20-21H,(H,18,22). The molecule has 7 nitrogen and oxygen atoms in total. The summed E-state index contributed by atoms with van der Waals surface area (Å²) in [7, 11) is 0. The molecule has 106 valence electrons. The Bertz CT molecular complexity index is 1270. The van der Waals surface area contributed by atoms with Crippen LogP contribution in [0, 0.1) is 0 Å². The summed E-state index contributed by atoms with van der Waals surface area (Å²) in [6.45, 7) is 0. The second-order valence-electron chi connectivity index (χ2n) is 5.19. The molecule has 5 rings (SSSR count). The van der Waals surface area contributed by atoms with E-state index >= 15 is 0 Å². The third kappa shape index (κ3) is 1.15. The Balaban J connectivity index is 2.28. The van der Waals surface area contributed by atoms with Crippen molar-refractivity contribution < 1.29 is 10.2 Å². The van der Waals surface area contributed by atoms with Crippen LogP contribution in [0.3, 0.4) is 0 Å². The van der Waals surface area contributed by atoms with Crippen LogP contribution in [0.15, 0.2) is 35.3 Å². The van der Waals surface area contributed by atoms with Crippen LogP contribution in [-0.4, -0.2) is 29.8 Å². The molecule has 0 saturated carbocycles. The molecule has 0 radical (unpaired) electrons. The number of aromatic amines is 1. The van der Waals surface area contributed by atoms with E-state index in [0.29, 0.717) is 38.2 Å². The van der Waals surface area contributed by atoms with Crippen molar-refractivity contribution in [2.75, 3.05) is 0 Å². The number of pyridine rings is 1. The first-order valence-corrected chi connectivity index (χ1v) is 6.61. The van der Waals surface area contributed by atoms with Gasteiger partial charge in [0.05, 0.1) is 28.0 Å². The second kappa shape index (κ2) is 3.45. The molecule has 4 heterocycles. The Labute approximate surface area is 121 Å². The maximum Gasteiger partial charge on any atom is 0.259 e. The van der Waals surface area contributed by atoms with Gasteiger partial charge in [-0.3, -0.25) is 9.78 Å². The lowest BCUT2D eigenvalue weighted by molar-refractivity contribution is 0.462. The van der Waals surface area contributed by atoms with Gasteiger partial charge >= 0.3 is 0 Å². The van der Waals surface area contributed by atoms with Crippen molar-refractivity contribution in [3.63, 3.8) is 0 Å². The quantitative estimate of drug-likeness (QED) is 0.403. The smallest absolute Gasteiger partial charge is 0.259 e. The van der Waals surface area contributed by atoms with Gasteiger partial charge in [0.2, 0.25) is 5.88 Å². The summed E-state index contributed by atoms with van der Waals surface area (Å²) in [6, 6.07) is 6.50. The van der Waals surface area contributed by atoms with Crippen molar-refractivity contribution in [2.45, 2.75) is 0 Å². The summed E-state index contributed by atoms with van der Waals surface area (Å²) in [6.07, 6.45) is 1.59. The van der Waals surface area contributed by atoms with Gasteiger partial charge in [-0.1, -0.05) is 0 Å². The van der Waals surface area contributed by atoms with E-state index in [1.54, 1.807) is 35.0 Å². The molecule has 0 aliphatic heterocycles. The van der Waals surface area contributed by atoms with Gasteiger partial charge in [0.15, 0.2) is 5.65 Å². The van der Waals surface area contributed by atoms with Crippen LogP contribution in [0.25, 0.3) is 38.2 Å². The molecule has 3 N–H and O–H groups in total. The predicted molar refractivity (Wildman–Crippen MR) is 80.6 cm³/mol. The van der Waals surface area contributed by atoms with Crippen LogP contribution < -0.4 is 5.56 Å². The number of fused-ring (bicyclic) bond motifs is 8. The van der Waals surface area contributed by atoms with Gasteiger partial charge in [-0.2, -0.15) is 5.10 Å². The van der Waals surface area contributed by atoms with E-state index < -0.39 is 0 Å². The number of rotatable bonds is 0. The third-order valence-electron chi connectivity index (χ3n) is 3.99. The van der Waals surface area contributed by atoms with Crippen molar-refractivity contribution in [1.82, 2.24) is 19.6 Å². The molecule has 0 aliphatic carbocycles. The van der Waals surface area contributed by atoms with Crippen molar-refractivity contribution in [2.24, 2.45) is 0 Å². The largest absolute Gasteiger partial charge is 0.508 e. The molecule has 7 heteroatoms. The van der Waals surface area contributed by atoms with E-state index in [0.717, 1.165) is 0 Å². The average Bonchev–Trinajstić information content (AvgIpc) is 3.14. The molecular weight excluding hydrogens is 284 g/mol. The Morgan fingerprint density at radius 2 is 1.95 bits per heavy atom. The van der Waals surface area contributed by atoms with Gasteiger partial charge in [-0.15, -0.1) is 0 Å². The van der Waals surface area contributed by atoms with Crippen LogP contribution in [0.1, 0.15) is 0 Å². The molecule has 0 bridgehead atoms. The number of phenols is 1. The minimum absolute atomic E-state index is 0.0859. The topological polar surface area (TPSA) is 104 Å². The van der Waals surface area contributed by atoms with Gasteiger partial charge in [0.25, 0.3) is 5.56 Å². The summed E-state index contributed by atoms with van der Waals surface area (Å²) in [5, 5.41) is 26.0. The van der Waals surface area contributed by atoms with Crippen LogP contribution in [-0.2, 0) is 0 Å². The molecule has 4 aromatic heterocycles. The monoisotopic (exact) mass is 292 g/mol. The Hall–Kier alpha value is -3.35. The Kier molecular flexibility index (Phi) is 1.78. The summed E-state index contributed by atoms with van der Waals surface area (Å²) >= 11 is 0. The first-order chi connectivity index (χ1) is 10.6. The highest BCUT2D eigenvalue weighted by Crippen LogP contribution is 2.36. The fraction of sp³-hybridized carbons (Fsp3) is 0. The molecule has 0 saturated heterocycles. The minimum Gasteiger partial charge on any atom is -0.508 e. The SMILES string of the molecule is O=c1[nH]c(O)c2c1c1c3cc(O)ccc3nc1n1nccc21. The minimum atomic E-state index is -0.390. The normalized spacial score (nSPS) is 12.2. The summed E-state index contributed by atoms with van der Waals surface area (Å²) < 4.78 is 1.59. The Morgan fingerprint density at radius 1 is 1.09 bits per heavy atom. The summed E-state index contributed by atoms with van der Waals surface area (Å²) in [4.78, 5) is 19.2. The van der Waals surface area contributed by atoms with Crippen LogP contribution in [0.4, 0.5) is 0 Å². The number of hydrogen-bond acceptors (Lipinski definition) is 5. The van der Waals surface area contributed by atoms with Crippen molar-refractivity contribution in [1.29, 1.82) is 0 Å². The highest BCUT2D eigenvalue weighted by molar-refractivity contribution is 6.23. The number of benzene rings is 1. The fourth-order valence-electron chi connectivity index (χ4n) is 3.13. The van der Waals surface area contributed by atoms with Crippen LogP contribution >= 0.6 is 0 Å². The van der Waals surface area contributed by atoms with Gasteiger partial charge in [-0.25, -0.2) is 9.50 Å². The van der Waals surface area contributed by atoms with E-state index in [1.807, 2.05) is 0 Å². The van der Waals surface area contributed by atoms with Crippen molar-refractivity contribution >= 4 is 38.2 Å². The van der Waals surface area contributed by atoms with E-state index in [1.165, 1.54) is 0 Å². The number of phenolic OH excluding ortho intramolecular Hbond substituents is 1. The maximum atomic E-state index is 12.3. The van der Waals surface area contributed by atoms with Gasteiger partial charge < -0.3 is 10.2 Å². The number of hydrogen-bond donors (Lipinski definition) is 3. The highest BCUT2D eigenvalue weighted by Gasteiger charge is 2.21. The first-order valence-electron chi connectivity index (χ1n) is 6.61. The molecule has 0 amide bonds. The fourth-order valence-corrected chi connectivity index (χ4v) is 3.13. The van der Waals surface area contributed by atoms with Gasteiger partial charge in [0, 0.05) is 10.8 Å². The van der Waals surface area contributed by atoms with Crippen molar-refractivity contribution in [3.8, 4) is 11.6 Å². The number of aromatic nitrogens is 4. The molecule has 22 heavy (non-hydrogen) atoms. The maximum absolute atomic E-state index is 12.3. The number of nitrogens with one attached hydrogen (secondary N) is 1. The second-order valence-corrected chi connectivity index (χ2v) is 5.19. The zero-order valence-electron chi connectivity index (χ0n) is 11.0. The lowest BCUT2D eigenvalue weighted by Crippen LogP contribution is -1.99. The summed E-state index contributed by atoms with van der Waals surface area (Å²) in [5.41, 5.74) is 1.38. The molecule has 0 unspecified atom stereocenters. The molecule has 1 aromatic carbocycles. The zero-order chi connectivity index (χ0) is 15.0. The zero-order valence-corrected chi connectivity index (χ0v) is 11.0. The lowest BCUT2D eigenvalue weighted by Gasteiger charge is -1.99. The van der Waals surface area contributed by atoms with Crippen LogP contribution in [0.5, 0.6) is 11.6 Å². The number of nitrogens with zero attached hydrogens (tertiary/aromatic N) is 3. The van der Waals surface area contributed by atoms with E-state index in [-0.39, 0.29) is 17.2 Å². The molecule has 0 atom stereocenters. The van der Waals surface area contributed by atoms with Gasteiger partial charge in [0.1, 0.15) is 5.75 Å². The number of H-pyrrole nitrogens is 1. The van der Waals surface area contributed by atoms with E-state index in [4.69, 9.17) is 0 Å². The molecule has 0 fully saturated rings. The highest BCUT2D eigenvalue weighted by atomic mass is 16.3. The predicted octanol–water partition coefficient (Wildman–Crippen LogP) is 1.73. The Morgan fingerprint density at radius 3 is 2.82 bits per heavy atom. The van der Waals surface area contributed by atoms with Crippen molar-refractivity contribution in [3.05, 3.63) is 40.8 Å². The van der Waals surface area contributed by atoms with E-state index in [9.17, 15) is 15.0 Å². The van der Waals surface area contributed by atoms with Gasteiger partial charge in [-0.05, 0) is 24.3 Å².